The van der Waals surface area contributed by atoms with Gasteiger partial charge in [0.05, 0.1) is 6.61 Å². The summed E-state index contributed by atoms with van der Waals surface area (Å²) in [6.45, 7) is 8.29. The van der Waals surface area contributed by atoms with Crippen LogP contribution in [0.25, 0.3) is 0 Å². The summed E-state index contributed by atoms with van der Waals surface area (Å²) in [6.07, 6.45) is 0. The Balaban J connectivity index is 2.77. The van der Waals surface area contributed by atoms with Crippen LogP contribution in [-0.4, -0.2) is 44.7 Å². The van der Waals surface area contributed by atoms with E-state index in [-0.39, 0.29) is 11.4 Å². The quantitative estimate of drug-likeness (QED) is 0.747. The van der Waals surface area contributed by atoms with Gasteiger partial charge in [0, 0.05) is 13.1 Å². The Bertz CT molecular complexity index is 430. The van der Waals surface area contributed by atoms with Crippen LogP contribution in [0.15, 0.2) is 30.3 Å². The molecule has 0 aliphatic rings. The summed E-state index contributed by atoms with van der Waals surface area (Å²) in [5, 5.41) is 3.37. The molecule has 0 radical (unpaired) electrons. The number of hydrogen-bond donors (Lipinski definition) is 1. The van der Waals surface area contributed by atoms with Gasteiger partial charge < -0.3 is 15.0 Å². The molecule has 4 heteroatoms. The summed E-state index contributed by atoms with van der Waals surface area (Å²) in [6, 6.07) is 9.32. The monoisotopic (exact) mass is 292 g/mol. The van der Waals surface area contributed by atoms with Crippen LogP contribution in [0.2, 0.25) is 0 Å². The number of carbonyl (C=O) groups excluding carboxylic acids is 1. The van der Waals surface area contributed by atoms with E-state index in [1.807, 2.05) is 37.3 Å². The molecule has 1 atom stereocenters. The third kappa shape index (κ3) is 6.27. The van der Waals surface area contributed by atoms with Crippen molar-refractivity contribution < 1.29 is 9.53 Å². The van der Waals surface area contributed by atoms with Crippen LogP contribution in [-0.2, 0) is 9.53 Å². The minimum absolute atomic E-state index is 0.0724. The number of nitrogens with zero attached hydrogens (tertiary/aromatic N) is 1. The lowest BCUT2D eigenvalue weighted by molar-refractivity contribution is -0.146. The Labute approximate surface area is 128 Å². The summed E-state index contributed by atoms with van der Waals surface area (Å²) in [5.41, 5.74) is 1.01. The van der Waals surface area contributed by atoms with Gasteiger partial charge in [0.2, 0.25) is 0 Å². The maximum Gasteiger partial charge on any atom is 0.327 e. The Morgan fingerprint density at radius 1 is 1.29 bits per heavy atom. The highest BCUT2D eigenvalue weighted by molar-refractivity contribution is 5.77. The van der Waals surface area contributed by atoms with Gasteiger partial charge in [0.15, 0.2) is 0 Å². The topological polar surface area (TPSA) is 41.6 Å². The Hall–Kier alpha value is -1.39. The number of benzene rings is 1. The van der Waals surface area contributed by atoms with Gasteiger partial charge in [-0.1, -0.05) is 44.2 Å². The molecule has 0 fully saturated rings. The molecule has 0 heterocycles. The standard InChI is InChI=1S/C17H28N2O2/c1-6-21-16(20)15(14-10-8-7-9-11-14)18-12-17(2,3)13-19(4)5/h7-11,15,18H,6,12-13H2,1-5H3. The third-order valence-corrected chi connectivity index (χ3v) is 3.18. The van der Waals surface area contributed by atoms with Crippen LogP contribution < -0.4 is 5.32 Å². The highest BCUT2D eigenvalue weighted by Gasteiger charge is 2.25. The van der Waals surface area contributed by atoms with Crippen LogP contribution in [0.3, 0.4) is 0 Å². The second-order valence-electron chi connectivity index (χ2n) is 6.38. The predicted octanol–water partition coefficient (Wildman–Crippen LogP) is 2.47. The normalized spacial score (nSPS) is 13.2. The molecule has 118 valence electrons. The average molecular weight is 292 g/mol. The molecule has 1 unspecified atom stereocenters. The zero-order chi connectivity index (χ0) is 15.9. The zero-order valence-electron chi connectivity index (χ0n) is 13.8. The number of ether oxygens (including phenoxy) is 1. The fraction of sp³-hybridized carbons (Fsp3) is 0.588. The van der Waals surface area contributed by atoms with E-state index in [1.165, 1.54) is 0 Å². The largest absolute Gasteiger partial charge is 0.465 e. The van der Waals surface area contributed by atoms with Crippen molar-refractivity contribution in [1.29, 1.82) is 0 Å². The van der Waals surface area contributed by atoms with Crippen LogP contribution in [0.4, 0.5) is 0 Å². The van der Waals surface area contributed by atoms with Gasteiger partial charge in [0.25, 0.3) is 0 Å². The fourth-order valence-corrected chi connectivity index (χ4v) is 2.50. The van der Waals surface area contributed by atoms with E-state index in [0.29, 0.717) is 6.61 Å². The van der Waals surface area contributed by atoms with Crippen LogP contribution in [0.5, 0.6) is 0 Å². The first-order chi connectivity index (χ1) is 9.85. The Kier molecular flexibility index (Phi) is 6.85. The minimum atomic E-state index is -0.410. The van der Waals surface area contributed by atoms with Gasteiger partial charge in [-0.3, -0.25) is 0 Å². The maximum absolute atomic E-state index is 12.2. The van der Waals surface area contributed by atoms with Crippen molar-refractivity contribution in [3.63, 3.8) is 0 Å². The van der Waals surface area contributed by atoms with Crippen LogP contribution >= 0.6 is 0 Å². The van der Waals surface area contributed by atoms with Gasteiger partial charge in [-0.2, -0.15) is 0 Å². The summed E-state index contributed by atoms with van der Waals surface area (Å²) < 4.78 is 5.19. The SMILES string of the molecule is CCOC(=O)C(NCC(C)(C)CN(C)C)c1ccccc1. The van der Waals surface area contributed by atoms with E-state index in [4.69, 9.17) is 4.74 Å². The average Bonchev–Trinajstić information content (AvgIpc) is 2.38. The maximum atomic E-state index is 12.2. The minimum Gasteiger partial charge on any atom is -0.465 e. The first kappa shape index (κ1) is 17.7. The van der Waals surface area contributed by atoms with Crippen LogP contribution in [0, 0.1) is 5.41 Å². The van der Waals surface area contributed by atoms with Crippen molar-refractivity contribution in [3.05, 3.63) is 35.9 Å². The van der Waals surface area contributed by atoms with Crippen molar-refractivity contribution in [3.8, 4) is 0 Å². The molecular formula is C17H28N2O2. The highest BCUT2D eigenvalue weighted by atomic mass is 16.5. The summed E-state index contributed by atoms with van der Waals surface area (Å²) in [7, 11) is 4.11. The highest BCUT2D eigenvalue weighted by Crippen LogP contribution is 2.19. The molecule has 0 aliphatic carbocycles. The molecule has 0 spiro atoms. The molecule has 1 rings (SSSR count). The second kappa shape index (κ2) is 8.15. The molecule has 1 aromatic carbocycles. The van der Waals surface area contributed by atoms with Gasteiger partial charge in [-0.05, 0) is 32.0 Å². The zero-order valence-corrected chi connectivity index (χ0v) is 13.8. The number of hydrogen-bond acceptors (Lipinski definition) is 4. The molecule has 0 bridgehead atoms. The van der Waals surface area contributed by atoms with E-state index in [9.17, 15) is 4.79 Å². The smallest absolute Gasteiger partial charge is 0.327 e. The summed E-state index contributed by atoms with van der Waals surface area (Å²) in [5.74, 6) is -0.218. The number of carbonyl (C=O) groups is 1. The van der Waals surface area contributed by atoms with Gasteiger partial charge in [0.1, 0.15) is 6.04 Å². The van der Waals surface area contributed by atoms with Gasteiger partial charge in [-0.15, -0.1) is 0 Å². The van der Waals surface area contributed by atoms with Crippen molar-refractivity contribution in [1.82, 2.24) is 10.2 Å². The fourth-order valence-electron chi connectivity index (χ4n) is 2.50. The van der Waals surface area contributed by atoms with Crippen molar-refractivity contribution in [2.24, 2.45) is 5.41 Å². The van der Waals surface area contributed by atoms with Crippen molar-refractivity contribution >= 4 is 5.97 Å². The lowest BCUT2D eigenvalue weighted by Gasteiger charge is -2.30. The molecule has 1 N–H and O–H groups in total. The lowest BCUT2D eigenvalue weighted by atomic mass is 9.92. The molecule has 0 saturated heterocycles. The molecule has 0 aliphatic heterocycles. The lowest BCUT2D eigenvalue weighted by Crippen LogP contribution is -2.41. The molecule has 0 amide bonds. The van der Waals surface area contributed by atoms with E-state index < -0.39 is 6.04 Å². The van der Waals surface area contributed by atoms with Crippen molar-refractivity contribution in [2.75, 3.05) is 33.8 Å². The molecular weight excluding hydrogens is 264 g/mol. The Morgan fingerprint density at radius 2 is 1.90 bits per heavy atom. The van der Waals surface area contributed by atoms with E-state index in [1.54, 1.807) is 0 Å². The van der Waals surface area contributed by atoms with Gasteiger partial charge in [-0.25, -0.2) is 4.79 Å². The first-order valence-electron chi connectivity index (χ1n) is 7.45. The number of esters is 1. The molecule has 21 heavy (non-hydrogen) atoms. The first-order valence-corrected chi connectivity index (χ1v) is 7.45. The predicted molar refractivity (Wildman–Crippen MR) is 86.2 cm³/mol. The Morgan fingerprint density at radius 3 is 2.43 bits per heavy atom. The molecule has 0 aromatic heterocycles. The number of rotatable bonds is 8. The van der Waals surface area contributed by atoms with E-state index in [2.05, 4.69) is 38.2 Å². The van der Waals surface area contributed by atoms with E-state index in [0.717, 1.165) is 18.7 Å². The summed E-state index contributed by atoms with van der Waals surface area (Å²) in [4.78, 5) is 14.3. The molecule has 0 saturated carbocycles. The van der Waals surface area contributed by atoms with Crippen molar-refractivity contribution in [2.45, 2.75) is 26.8 Å². The molecule has 1 aromatic rings. The third-order valence-electron chi connectivity index (χ3n) is 3.18. The van der Waals surface area contributed by atoms with Crippen LogP contribution in [0.1, 0.15) is 32.4 Å². The summed E-state index contributed by atoms with van der Waals surface area (Å²) >= 11 is 0. The second-order valence-corrected chi connectivity index (χ2v) is 6.38. The number of nitrogens with one attached hydrogen (secondary N) is 1. The molecule has 4 nitrogen and oxygen atoms in total. The van der Waals surface area contributed by atoms with E-state index >= 15 is 0 Å². The van der Waals surface area contributed by atoms with Gasteiger partial charge >= 0.3 is 5.97 Å².